The van der Waals surface area contributed by atoms with Crippen LogP contribution in [0.15, 0.2) is 22.5 Å². The number of allylic oxidation sites excluding steroid dienone is 1. The summed E-state index contributed by atoms with van der Waals surface area (Å²) in [6, 6.07) is 0.0619. The number of halogens is 1. The Kier molecular flexibility index (Phi) is 3.13. The number of rotatable bonds is 2. The molecule has 14 heavy (non-hydrogen) atoms. The molecule has 1 fully saturated rings. The van der Waals surface area contributed by atoms with Crippen LogP contribution in [0.2, 0.25) is 0 Å². The predicted octanol–water partition coefficient (Wildman–Crippen LogP) is 1.17. The normalized spacial score (nSPS) is 27.0. The SMILES string of the molecule is OCC1C=C(N2CCCC2)C(Br)=CN1. The smallest absolute Gasteiger partial charge is 0.0693 e. The number of likely N-dealkylation sites (tertiary alicyclic amines) is 1. The molecule has 0 aromatic heterocycles. The van der Waals surface area contributed by atoms with E-state index in [0.717, 1.165) is 17.6 Å². The molecule has 1 atom stereocenters. The molecule has 1 saturated heterocycles. The summed E-state index contributed by atoms with van der Waals surface area (Å²) in [5, 5.41) is 12.2. The second-order valence-corrected chi connectivity index (χ2v) is 4.55. The quantitative estimate of drug-likeness (QED) is 0.781. The summed E-state index contributed by atoms with van der Waals surface area (Å²) in [5.41, 5.74) is 1.22. The first-order valence-electron chi connectivity index (χ1n) is 5.01. The summed E-state index contributed by atoms with van der Waals surface area (Å²) < 4.78 is 1.09. The molecule has 2 aliphatic rings. The Morgan fingerprint density at radius 1 is 1.50 bits per heavy atom. The molecule has 4 heteroatoms. The van der Waals surface area contributed by atoms with E-state index in [1.807, 2.05) is 6.20 Å². The van der Waals surface area contributed by atoms with Crippen LogP contribution >= 0.6 is 15.9 Å². The van der Waals surface area contributed by atoms with Gasteiger partial charge in [-0.1, -0.05) is 0 Å². The average Bonchev–Trinajstić information content (AvgIpc) is 2.71. The molecule has 0 aromatic carbocycles. The van der Waals surface area contributed by atoms with Gasteiger partial charge >= 0.3 is 0 Å². The van der Waals surface area contributed by atoms with E-state index in [0.29, 0.717) is 0 Å². The molecule has 2 N–H and O–H groups in total. The highest BCUT2D eigenvalue weighted by Crippen LogP contribution is 2.27. The first kappa shape index (κ1) is 10.1. The van der Waals surface area contributed by atoms with Crippen molar-refractivity contribution < 1.29 is 5.11 Å². The Morgan fingerprint density at radius 2 is 2.21 bits per heavy atom. The lowest BCUT2D eigenvalue weighted by Crippen LogP contribution is -2.32. The van der Waals surface area contributed by atoms with E-state index in [-0.39, 0.29) is 12.6 Å². The molecular weight excluding hydrogens is 244 g/mol. The Morgan fingerprint density at radius 3 is 2.86 bits per heavy atom. The van der Waals surface area contributed by atoms with Gasteiger partial charge in [-0.3, -0.25) is 0 Å². The van der Waals surface area contributed by atoms with Gasteiger partial charge in [-0.15, -0.1) is 0 Å². The van der Waals surface area contributed by atoms with E-state index in [1.54, 1.807) is 0 Å². The van der Waals surface area contributed by atoms with Gasteiger partial charge in [0.15, 0.2) is 0 Å². The molecule has 78 valence electrons. The van der Waals surface area contributed by atoms with Crippen molar-refractivity contribution in [3.05, 3.63) is 22.5 Å². The van der Waals surface area contributed by atoms with Crippen molar-refractivity contribution in [1.29, 1.82) is 0 Å². The standard InChI is InChI=1S/C10H15BrN2O/c11-9-6-12-8(7-14)5-10(9)13-3-1-2-4-13/h5-6,8,12,14H,1-4,7H2. The number of nitrogens with zero attached hydrogens (tertiary/aromatic N) is 1. The van der Waals surface area contributed by atoms with Gasteiger partial charge in [0.2, 0.25) is 0 Å². The highest BCUT2D eigenvalue weighted by molar-refractivity contribution is 9.12. The van der Waals surface area contributed by atoms with Gasteiger partial charge in [-0.2, -0.15) is 0 Å². The molecule has 0 aromatic rings. The molecule has 1 unspecified atom stereocenters. The Balaban J connectivity index is 2.13. The minimum Gasteiger partial charge on any atom is -0.394 e. The summed E-state index contributed by atoms with van der Waals surface area (Å²) in [6.07, 6.45) is 6.56. The van der Waals surface area contributed by atoms with Crippen LogP contribution in [0.4, 0.5) is 0 Å². The monoisotopic (exact) mass is 258 g/mol. The van der Waals surface area contributed by atoms with E-state index < -0.39 is 0 Å². The van der Waals surface area contributed by atoms with Gasteiger partial charge in [0.05, 0.1) is 22.8 Å². The topological polar surface area (TPSA) is 35.5 Å². The number of dihydropyridines is 1. The summed E-state index contributed by atoms with van der Waals surface area (Å²) in [6.45, 7) is 2.41. The Bertz CT molecular complexity index is 269. The van der Waals surface area contributed by atoms with Gasteiger partial charge in [-0.25, -0.2) is 0 Å². The van der Waals surface area contributed by atoms with Crippen molar-refractivity contribution in [2.75, 3.05) is 19.7 Å². The number of aliphatic hydroxyl groups excluding tert-OH is 1. The molecule has 2 rings (SSSR count). The van der Waals surface area contributed by atoms with Crippen molar-refractivity contribution in [3.63, 3.8) is 0 Å². The highest BCUT2D eigenvalue weighted by Gasteiger charge is 2.20. The van der Waals surface area contributed by atoms with Crippen molar-refractivity contribution >= 4 is 15.9 Å². The summed E-state index contributed by atoms with van der Waals surface area (Å²) >= 11 is 3.53. The van der Waals surface area contributed by atoms with Crippen LogP contribution in [-0.4, -0.2) is 35.7 Å². The van der Waals surface area contributed by atoms with Crippen LogP contribution in [0.5, 0.6) is 0 Å². The fourth-order valence-electron chi connectivity index (χ4n) is 1.89. The molecule has 0 bridgehead atoms. The lowest BCUT2D eigenvalue weighted by Gasteiger charge is -2.27. The summed E-state index contributed by atoms with van der Waals surface area (Å²) in [4.78, 5) is 2.37. The van der Waals surface area contributed by atoms with Crippen LogP contribution in [0, 0.1) is 0 Å². The zero-order valence-electron chi connectivity index (χ0n) is 8.04. The first-order valence-corrected chi connectivity index (χ1v) is 5.80. The number of aliphatic hydroxyl groups is 1. The second-order valence-electron chi connectivity index (χ2n) is 3.69. The third-order valence-electron chi connectivity index (χ3n) is 2.67. The molecule has 3 nitrogen and oxygen atoms in total. The van der Waals surface area contributed by atoms with Crippen LogP contribution in [0.1, 0.15) is 12.8 Å². The molecule has 0 radical (unpaired) electrons. The molecule has 0 aliphatic carbocycles. The first-order chi connectivity index (χ1) is 6.81. The largest absolute Gasteiger partial charge is 0.394 e. The van der Waals surface area contributed by atoms with E-state index >= 15 is 0 Å². The lowest BCUT2D eigenvalue weighted by molar-refractivity contribution is 0.269. The Hall–Kier alpha value is -0.480. The zero-order chi connectivity index (χ0) is 9.97. The highest BCUT2D eigenvalue weighted by atomic mass is 79.9. The maximum Gasteiger partial charge on any atom is 0.0693 e. The van der Waals surface area contributed by atoms with Crippen molar-refractivity contribution in [2.24, 2.45) is 0 Å². The van der Waals surface area contributed by atoms with Crippen molar-refractivity contribution in [3.8, 4) is 0 Å². The van der Waals surface area contributed by atoms with Gasteiger partial charge < -0.3 is 15.3 Å². The van der Waals surface area contributed by atoms with E-state index in [2.05, 4.69) is 32.2 Å². The van der Waals surface area contributed by atoms with Gasteiger partial charge in [0.1, 0.15) is 0 Å². The lowest BCUT2D eigenvalue weighted by atomic mass is 10.2. The van der Waals surface area contributed by atoms with E-state index in [1.165, 1.54) is 18.5 Å². The van der Waals surface area contributed by atoms with Crippen molar-refractivity contribution in [1.82, 2.24) is 10.2 Å². The fraction of sp³-hybridized carbons (Fsp3) is 0.600. The van der Waals surface area contributed by atoms with Crippen LogP contribution in [0.3, 0.4) is 0 Å². The third kappa shape index (κ3) is 1.96. The Labute approximate surface area is 92.6 Å². The predicted molar refractivity (Wildman–Crippen MR) is 59.9 cm³/mol. The minimum absolute atomic E-state index is 0.0619. The third-order valence-corrected chi connectivity index (χ3v) is 3.31. The van der Waals surface area contributed by atoms with Crippen LogP contribution in [-0.2, 0) is 0 Å². The van der Waals surface area contributed by atoms with Gasteiger partial charge in [0, 0.05) is 19.3 Å². The molecular formula is C10H15BrN2O. The average molecular weight is 259 g/mol. The van der Waals surface area contributed by atoms with E-state index in [4.69, 9.17) is 5.11 Å². The minimum atomic E-state index is 0.0619. The molecule has 0 spiro atoms. The maximum absolute atomic E-state index is 9.07. The summed E-state index contributed by atoms with van der Waals surface area (Å²) in [7, 11) is 0. The molecule has 0 amide bonds. The second kappa shape index (κ2) is 4.36. The van der Waals surface area contributed by atoms with Crippen LogP contribution < -0.4 is 5.32 Å². The number of hydrogen-bond donors (Lipinski definition) is 2. The number of hydrogen-bond acceptors (Lipinski definition) is 3. The van der Waals surface area contributed by atoms with Crippen molar-refractivity contribution in [2.45, 2.75) is 18.9 Å². The zero-order valence-corrected chi connectivity index (χ0v) is 9.63. The number of nitrogens with one attached hydrogen (secondary N) is 1. The molecule has 0 saturated carbocycles. The van der Waals surface area contributed by atoms with Gasteiger partial charge in [0.25, 0.3) is 0 Å². The molecule has 2 aliphatic heterocycles. The fourth-order valence-corrected chi connectivity index (χ4v) is 2.41. The van der Waals surface area contributed by atoms with Crippen LogP contribution in [0.25, 0.3) is 0 Å². The maximum atomic E-state index is 9.07. The van der Waals surface area contributed by atoms with Gasteiger partial charge in [-0.05, 0) is 34.8 Å². The molecule has 2 heterocycles. The summed E-state index contributed by atoms with van der Waals surface area (Å²) in [5.74, 6) is 0. The van der Waals surface area contributed by atoms with E-state index in [9.17, 15) is 0 Å².